The molecule has 0 unspecified atom stereocenters. The third-order valence-corrected chi connectivity index (χ3v) is 4.78. The van der Waals surface area contributed by atoms with E-state index in [0.717, 1.165) is 43.9 Å². The van der Waals surface area contributed by atoms with Gasteiger partial charge in [-0.3, -0.25) is 9.69 Å². The lowest BCUT2D eigenvalue weighted by Crippen LogP contribution is -2.47. The van der Waals surface area contributed by atoms with Crippen molar-refractivity contribution >= 4 is 12.0 Å². The molecule has 2 aromatic carbocycles. The first-order chi connectivity index (χ1) is 12.7. The maximum atomic E-state index is 12.5. The number of amides is 1. The molecule has 1 atom stereocenters. The van der Waals surface area contributed by atoms with Crippen LogP contribution in [-0.2, 0) is 4.79 Å². The van der Waals surface area contributed by atoms with Gasteiger partial charge in [-0.1, -0.05) is 60.7 Å². The molecular formula is C22H27N3O. The van der Waals surface area contributed by atoms with Crippen LogP contribution in [0.3, 0.4) is 0 Å². The predicted octanol–water partition coefficient (Wildman–Crippen LogP) is 2.80. The summed E-state index contributed by atoms with van der Waals surface area (Å²) < 4.78 is 0. The topological polar surface area (TPSA) is 35.6 Å². The molecule has 3 rings (SSSR count). The minimum absolute atomic E-state index is 0.00692. The molecule has 0 aliphatic carbocycles. The van der Waals surface area contributed by atoms with E-state index >= 15 is 0 Å². The van der Waals surface area contributed by atoms with E-state index in [9.17, 15) is 4.79 Å². The van der Waals surface area contributed by atoms with E-state index < -0.39 is 0 Å². The summed E-state index contributed by atoms with van der Waals surface area (Å²) in [4.78, 5) is 17.2. The van der Waals surface area contributed by atoms with Gasteiger partial charge in [0.15, 0.2) is 0 Å². The zero-order valence-corrected chi connectivity index (χ0v) is 15.3. The number of benzene rings is 2. The van der Waals surface area contributed by atoms with Gasteiger partial charge in [0.2, 0.25) is 5.91 Å². The molecule has 1 amide bonds. The standard InChI is InChI=1S/C22H27N3O/c1-24-14-16-25(17-15-24)18-21(20-10-6-3-7-11-20)23-22(26)13-12-19-8-4-2-5-9-19/h2-13,21H,14-18H2,1H3,(H,23,26)/b13-12+/t21-/m0/s1. The van der Waals surface area contributed by atoms with E-state index in [1.807, 2.05) is 54.6 Å². The Morgan fingerprint density at radius 3 is 2.27 bits per heavy atom. The summed E-state index contributed by atoms with van der Waals surface area (Å²) in [5.74, 6) is -0.0585. The Morgan fingerprint density at radius 1 is 1.00 bits per heavy atom. The van der Waals surface area contributed by atoms with Crippen molar-refractivity contribution in [1.82, 2.24) is 15.1 Å². The summed E-state index contributed by atoms with van der Waals surface area (Å²) in [6.45, 7) is 5.06. The Balaban J connectivity index is 1.65. The van der Waals surface area contributed by atoms with E-state index in [4.69, 9.17) is 0 Å². The number of nitrogens with one attached hydrogen (secondary N) is 1. The zero-order valence-electron chi connectivity index (χ0n) is 15.3. The van der Waals surface area contributed by atoms with Crippen LogP contribution in [0.25, 0.3) is 6.08 Å². The molecule has 1 heterocycles. The molecular weight excluding hydrogens is 322 g/mol. The number of nitrogens with zero attached hydrogens (tertiary/aromatic N) is 2. The quantitative estimate of drug-likeness (QED) is 0.815. The minimum atomic E-state index is -0.0585. The molecule has 0 aromatic heterocycles. The van der Waals surface area contributed by atoms with Gasteiger partial charge in [-0.25, -0.2) is 0 Å². The second kappa shape index (κ2) is 9.32. The van der Waals surface area contributed by atoms with Crippen molar-refractivity contribution in [3.8, 4) is 0 Å². The fraction of sp³-hybridized carbons (Fsp3) is 0.318. The molecule has 1 aliphatic rings. The first-order valence-electron chi connectivity index (χ1n) is 9.20. The molecule has 0 spiro atoms. The van der Waals surface area contributed by atoms with Crippen LogP contribution in [0, 0.1) is 0 Å². The van der Waals surface area contributed by atoms with E-state index in [0.29, 0.717) is 0 Å². The second-order valence-corrected chi connectivity index (χ2v) is 6.82. The highest BCUT2D eigenvalue weighted by Gasteiger charge is 2.20. The van der Waals surface area contributed by atoms with Gasteiger partial charge in [-0.05, 0) is 24.3 Å². The summed E-state index contributed by atoms with van der Waals surface area (Å²) in [6, 6.07) is 20.1. The number of carbonyl (C=O) groups excluding carboxylic acids is 1. The lowest BCUT2D eigenvalue weighted by Gasteiger charge is -2.34. The normalized spacial score (nSPS) is 17.3. The van der Waals surface area contributed by atoms with Crippen LogP contribution in [-0.4, -0.2) is 55.5 Å². The van der Waals surface area contributed by atoms with Gasteiger partial charge in [0.25, 0.3) is 0 Å². The van der Waals surface area contributed by atoms with Crippen molar-refractivity contribution in [3.05, 3.63) is 77.9 Å². The van der Waals surface area contributed by atoms with E-state index in [1.54, 1.807) is 6.08 Å². The summed E-state index contributed by atoms with van der Waals surface area (Å²) in [7, 11) is 2.15. The second-order valence-electron chi connectivity index (χ2n) is 6.82. The molecule has 4 heteroatoms. The SMILES string of the molecule is CN1CCN(C[C@H](NC(=O)/C=C/c2ccccc2)c2ccccc2)CC1. The third-order valence-electron chi connectivity index (χ3n) is 4.78. The lowest BCUT2D eigenvalue weighted by molar-refractivity contribution is -0.117. The first-order valence-corrected chi connectivity index (χ1v) is 9.20. The molecule has 4 nitrogen and oxygen atoms in total. The Bertz CT molecular complexity index is 707. The average Bonchev–Trinajstić information content (AvgIpc) is 2.69. The number of piperazine rings is 1. The minimum Gasteiger partial charge on any atom is -0.344 e. The monoisotopic (exact) mass is 349 g/mol. The molecule has 1 fully saturated rings. The van der Waals surface area contributed by atoms with E-state index in [-0.39, 0.29) is 11.9 Å². The predicted molar refractivity (Wildman–Crippen MR) is 107 cm³/mol. The Kier molecular flexibility index (Phi) is 6.58. The summed E-state index contributed by atoms with van der Waals surface area (Å²) >= 11 is 0. The Labute approximate surface area is 156 Å². The number of hydrogen-bond acceptors (Lipinski definition) is 3. The van der Waals surface area contributed by atoms with Crippen molar-refractivity contribution in [3.63, 3.8) is 0 Å². The maximum Gasteiger partial charge on any atom is 0.244 e. The lowest BCUT2D eigenvalue weighted by atomic mass is 10.1. The Hall–Kier alpha value is -2.43. The molecule has 136 valence electrons. The molecule has 1 aliphatic heterocycles. The highest BCUT2D eigenvalue weighted by atomic mass is 16.1. The van der Waals surface area contributed by atoms with Crippen molar-refractivity contribution in [2.45, 2.75) is 6.04 Å². The fourth-order valence-corrected chi connectivity index (χ4v) is 3.16. The first kappa shape index (κ1) is 18.4. The largest absolute Gasteiger partial charge is 0.344 e. The number of hydrogen-bond donors (Lipinski definition) is 1. The number of carbonyl (C=O) groups is 1. The van der Waals surface area contributed by atoms with Gasteiger partial charge in [0.1, 0.15) is 0 Å². The third kappa shape index (κ3) is 5.55. The van der Waals surface area contributed by atoms with Gasteiger partial charge in [-0.15, -0.1) is 0 Å². The molecule has 0 radical (unpaired) electrons. The van der Waals surface area contributed by atoms with Gasteiger partial charge in [0, 0.05) is 38.8 Å². The zero-order chi connectivity index (χ0) is 18.2. The van der Waals surface area contributed by atoms with Crippen LogP contribution in [0.2, 0.25) is 0 Å². The smallest absolute Gasteiger partial charge is 0.244 e. The summed E-state index contributed by atoms with van der Waals surface area (Å²) in [6.07, 6.45) is 3.47. The fourth-order valence-electron chi connectivity index (χ4n) is 3.16. The van der Waals surface area contributed by atoms with Gasteiger partial charge >= 0.3 is 0 Å². The van der Waals surface area contributed by atoms with Crippen LogP contribution >= 0.6 is 0 Å². The van der Waals surface area contributed by atoms with Gasteiger partial charge in [0.05, 0.1) is 6.04 Å². The molecule has 0 bridgehead atoms. The summed E-state index contributed by atoms with van der Waals surface area (Å²) in [5.41, 5.74) is 2.17. The van der Waals surface area contributed by atoms with Crippen LogP contribution in [0.5, 0.6) is 0 Å². The summed E-state index contributed by atoms with van der Waals surface area (Å²) in [5, 5.41) is 3.18. The maximum absolute atomic E-state index is 12.5. The van der Waals surface area contributed by atoms with Crippen LogP contribution in [0.15, 0.2) is 66.7 Å². The molecule has 26 heavy (non-hydrogen) atoms. The number of rotatable bonds is 6. The molecule has 1 N–H and O–H groups in total. The highest BCUT2D eigenvalue weighted by Crippen LogP contribution is 2.15. The number of likely N-dealkylation sites (N-methyl/N-ethyl adjacent to an activating group) is 1. The van der Waals surface area contributed by atoms with E-state index in [2.05, 4.69) is 34.3 Å². The Morgan fingerprint density at radius 2 is 1.62 bits per heavy atom. The molecule has 1 saturated heterocycles. The van der Waals surface area contributed by atoms with Crippen molar-refractivity contribution in [1.29, 1.82) is 0 Å². The van der Waals surface area contributed by atoms with Crippen LogP contribution < -0.4 is 5.32 Å². The highest BCUT2D eigenvalue weighted by molar-refractivity contribution is 5.92. The van der Waals surface area contributed by atoms with Gasteiger partial charge < -0.3 is 10.2 Å². The van der Waals surface area contributed by atoms with Crippen LogP contribution in [0.1, 0.15) is 17.2 Å². The molecule has 2 aromatic rings. The van der Waals surface area contributed by atoms with Crippen molar-refractivity contribution in [2.24, 2.45) is 0 Å². The average molecular weight is 349 g/mol. The van der Waals surface area contributed by atoms with Crippen molar-refractivity contribution in [2.75, 3.05) is 39.8 Å². The van der Waals surface area contributed by atoms with Crippen LogP contribution in [0.4, 0.5) is 0 Å². The van der Waals surface area contributed by atoms with E-state index in [1.165, 1.54) is 0 Å². The van der Waals surface area contributed by atoms with Crippen molar-refractivity contribution < 1.29 is 4.79 Å². The van der Waals surface area contributed by atoms with Gasteiger partial charge in [-0.2, -0.15) is 0 Å². The molecule has 0 saturated carbocycles.